The normalized spacial score (nSPS) is 16.1. The number of aliphatic carboxylic acids is 1. The zero-order chi connectivity index (χ0) is 23.8. The molecular weight excluding hydrogens is 425 g/mol. The van der Waals surface area contributed by atoms with Crippen LogP contribution in [0.1, 0.15) is 32.5 Å². The van der Waals surface area contributed by atoms with Crippen molar-refractivity contribution in [3.05, 3.63) is 66.1 Å². The Morgan fingerprint density at radius 2 is 1.64 bits per heavy atom. The van der Waals surface area contributed by atoms with Crippen LogP contribution in [-0.4, -0.2) is 58.4 Å². The van der Waals surface area contributed by atoms with Gasteiger partial charge in [0.1, 0.15) is 17.5 Å². The summed E-state index contributed by atoms with van der Waals surface area (Å²) in [6.07, 6.45) is -0.602. The molecule has 33 heavy (non-hydrogen) atoms. The van der Waals surface area contributed by atoms with Crippen molar-refractivity contribution >= 4 is 28.7 Å². The standard InChI is InChI=1S/C25H28FN3O4/c1-25(2,3)33-24(32)29-20-7-5-4-6-17(20)16-21(29)22(23(30)31)28-14-12-27(13-15-28)19-10-8-18(26)9-11-19/h4-11,16,22H,12-15H2,1-3H3,(H,30,31)/t22-/m0/s1. The molecule has 3 aromatic rings. The molecule has 0 bridgehead atoms. The number of benzene rings is 2. The number of carboxylic acid groups (broad SMARTS) is 1. The van der Waals surface area contributed by atoms with Gasteiger partial charge < -0.3 is 14.7 Å². The summed E-state index contributed by atoms with van der Waals surface area (Å²) in [5.74, 6) is -1.32. The van der Waals surface area contributed by atoms with Crippen molar-refractivity contribution in [3.8, 4) is 0 Å². The van der Waals surface area contributed by atoms with Crippen molar-refractivity contribution < 1.29 is 23.8 Å². The van der Waals surface area contributed by atoms with Gasteiger partial charge in [-0.25, -0.2) is 13.8 Å². The minimum Gasteiger partial charge on any atom is -0.480 e. The molecule has 1 N–H and O–H groups in total. The first-order chi connectivity index (χ1) is 15.6. The molecule has 2 aromatic carbocycles. The lowest BCUT2D eigenvalue weighted by atomic mass is 10.1. The molecule has 0 radical (unpaired) electrons. The average Bonchev–Trinajstić information content (AvgIpc) is 3.12. The Labute approximate surface area is 192 Å². The van der Waals surface area contributed by atoms with E-state index in [1.54, 1.807) is 45.0 Å². The molecule has 0 spiro atoms. The third-order valence-corrected chi connectivity index (χ3v) is 5.70. The number of piperazine rings is 1. The Balaban J connectivity index is 1.65. The molecule has 4 rings (SSSR count). The molecule has 2 heterocycles. The highest BCUT2D eigenvalue weighted by Gasteiger charge is 2.35. The molecule has 0 saturated carbocycles. The zero-order valence-electron chi connectivity index (χ0n) is 19.0. The number of carbonyl (C=O) groups is 2. The van der Waals surface area contributed by atoms with Crippen LogP contribution in [0.15, 0.2) is 54.6 Å². The van der Waals surface area contributed by atoms with Gasteiger partial charge in [0.2, 0.25) is 0 Å². The first kappa shape index (κ1) is 22.8. The Morgan fingerprint density at radius 1 is 1.00 bits per heavy atom. The monoisotopic (exact) mass is 453 g/mol. The minimum absolute atomic E-state index is 0.293. The first-order valence-corrected chi connectivity index (χ1v) is 11.0. The quantitative estimate of drug-likeness (QED) is 0.627. The van der Waals surface area contributed by atoms with Gasteiger partial charge in [0.15, 0.2) is 0 Å². The maximum atomic E-state index is 13.3. The van der Waals surface area contributed by atoms with Crippen LogP contribution < -0.4 is 4.90 Å². The Kier molecular flexibility index (Phi) is 6.12. The molecule has 1 aromatic heterocycles. The highest BCUT2D eigenvalue weighted by Crippen LogP contribution is 2.31. The zero-order valence-corrected chi connectivity index (χ0v) is 19.0. The first-order valence-electron chi connectivity index (χ1n) is 11.0. The molecule has 1 atom stereocenters. The summed E-state index contributed by atoms with van der Waals surface area (Å²) in [6, 6.07) is 14.3. The number of fused-ring (bicyclic) bond motifs is 1. The van der Waals surface area contributed by atoms with E-state index in [0.717, 1.165) is 11.1 Å². The lowest BCUT2D eigenvalue weighted by molar-refractivity contribution is -0.144. The maximum Gasteiger partial charge on any atom is 0.419 e. The van der Waals surface area contributed by atoms with Crippen molar-refractivity contribution in [2.75, 3.05) is 31.1 Å². The molecule has 1 saturated heterocycles. The minimum atomic E-state index is -1.03. The van der Waals surface area contributed by atoms with Gasteiger partial charge in [-0.05, 0) is 57.2 Å². The number of hydrogen-bond donors (Lipinski definition) is 1. The number of hydrogen-bond acceptors (Lipinski definition) is 5. The van der Waals surface area contributed by atoms with Gasteiger partial charge in [0.05, 0.1) is 11.2 Å². The molecule has 1 aliphatic rings. The van der Waals surface area contributed by atoms with Crippen LogP contribution in [0, 0.1) is 5.82 Å². The second-order valence-electron chi connectivity index (χ2n) is 9.18. The van der Waals surface area contributed by atoms with Gasteiger partial charge in [-0.2, -0.15) is 0 Å². The molecule has 8 heteroatoms. The number of halogens is 1. The second-order valence-corrected chi connectivity index (χ2v) is 9.18. The number of rotatable bonds is 4. The van der Waals surface area contributed by atoms with Crippen LogP contribution in [0.2, 0.25) is 0 Å². The fraction of sp³-hybridized carbons (Fsp3) is 0.360. The van der Waals surface area contributed by atoms with Crippen molar-refractivity contribution in [1.82, 2.24) is 9.47 Å². The van der Waals surface area contributed by atoms with Crippen molar-refractivity contribution in [1.29, 1.82) is 0 Å². The van der Waals surface area contributed by atoms with Crippen LogP contribution in [0.4, 0.5) is 14.9 Å². The number of para-hydroxylation sites is 1. The average molecular weight is 454 g/mol. The van der Waals surface area contributed by atoms with Gasteiger partial charge >= 0.3 is 12.1 Å². The molecular formula is C25H28FN3O4. The largest absolute Gasteiger partial charge is 0.480 e. The summed E-state index contributed by atoms with van der Waals surface area (Å²) in [5, 5.41) is 11.0. The van der Waals surface area contributed by atoms with Crippen molar-refractivity contribution in [2.45, 2.75) is 32.4 Å². The summed E-state index contributed by atoms with van der Waals surface area (Å²) in [6.45, 7) is 7.46. The van der Waals surface area contributed by atoms with Crippen LogP contribution in [0.25, 0.3) is 10.9 Å². The summed E-state index contributed by atoms with van der Waals surface area (Å²) in [5.41, 5.74) is 1.15. The van der Waals surface area contributed by atoms with Crippen LogP contribution in [0.3, 0.4) is 0 Å². The van der Waals surface area contributed by atoms with Crippen molar-refractivity contribution in [3.63, 3.8) is 0 Å². The molecule has 0 aliphatic carbocycles. The fourth-order valence-electron chi connectivity index (χ4n) is 4.25. The van der Waals surface area contributed by atoms with E-state index in [1.807, 2.05) is 23.1 Å². The summed E-state index contributed by atoms with van der Waals surface area (Å²) in [4.78, 5) is 29.5. The Hall–Kier alpha value is -3.39. The van der Waals surface area contributed by atoms with E-state index in [0.29, 0.717) is 37.4 Å². The predicted octanol–water partition coefficient (Wildman–Crippen LogP) is 4.51. The molecule has 7 nitrogen and oxygen atoms in total. The molecule has 1 aliphatic heterocycles. The van der Waals surface area contributed by atoms with E-state index in [1.165, 1.54) is 16.7 Å². The van der Waals surface area contributed by atoms with Crippen LogP contribution in [0.5, 0.6) is 0 Å². The van der Waals surface area contributed by atoms with E-state index >= 15 is 0 Å². The van der Waals surface area contributed by atoms with Crippen LogP contribution in [-0.2, 0) is 9.53 Å². The smallest absolute Gasteiger partial charge is 0.419 e. The topological polar surface area (TPSA) is 75.0 Å². The van der Waals surface area contributed by atoms with Gasteiger partial charge in [-0.1, -0.05) is 18.2 Å². The maximum absolute atomic E-state index is 13.3. The summed E-state index contributed by atoms with van der Waals surface area (Å²) < 4.78 is 20.2. The van der Waals surface area contributed by atoms with E-state index in [2.05, 4.69) is 4.90 Å². The third kappa shape index (κ3) is 4.85. The van der Waals surface area contributed by atoms with Gasteiger partial charge in [0, 0.05) is 37.3 Å². The Morgan fingerprint density at radius 3 is 2.24 bits per heavy atom. The SMILES string of the molecule is CC(C)(C)OC(=O)n1c([C@@H](C(=O)O)N2CCN(c3ccc(F)cc3)CC2)cc2ccccc21. The number of anilines is 1. The number of aromatic nitrogens is 1. The third-order valence-electron chi connectivity index (χ3n) is 5.70. The lowest BCUT2D eigenvalue weighted by Gasteiger charge is -2.39. The summed E-state index contributed by atoms with van der Waals surface area (Å²) in [7, 11) is 0. The number of ether oxygens (including phenoxy) is 1. The number of carboxylic acids is 1. The molecule has 174 valence electrons. The van der Waals surface area contributed by atoms with Gasteiger partial charge in [-0.3, -0.25) is 9.69 Å². The summed E-state index contributed by atoms with van der Waals surface area (Å²) >= 11 is 0. The second kappa shape index (κ2) is 8.86. The van der Waals surface area contributed by atoms with Gasteiger partial charge in [-0.15, -0.1) is 0 Å². The number of nitrogens with zero attached hydrogens (tertiary/aromatic N) is 3. The highest BCUT2D eigenvalue weighted by molar-refractivity contribution is 5.93. The molecule has 0 unspecified atom stereocenters. The van der Waals surface area contributed by atoms with E-state index in [4.69, 9.17) is 4.74 Å². The van der Waals surface area contributed by atoms with E-state index < -0.39 is 23.7 Å². The van der Waals surface area contributed by atoms with E-state index in [9.17, 15) is 19.1 Å². The van der Waals surface area contributed by atoms with Gasteiger partial charge in [0.25, 0.3) is 0 Å². The molecule has 1 fully saturated rings. The Bertz CT molecular complexity index is 1160. The lowest BCUT2D eigenvalue weighted by Crippen LogP contribution is -2.50. The molecule has 0 amide bonds. The highest BCUT2D eigenvalue weighted by atomic mass is 19.1. The van der Waals surface area contributed by atoms with Crippen LogP contribution >= 0.6 is 0 Å². The predicted molar refractivity (Wildman–Crippen MR) is 124 cm³/mol. The van der Waals surface area contributed by atoms with Crippen molar-refractivity contribution in [2.24, 2.45) is 0 Å². The number of carbonyl (C=O) groups excluding carboxylic acids is 1. The fourth-order valence-corrected chi connectivity index (χ4v) is 4.25. The van der Waals surface area contributed by atoms with E-state index in [-0.39, 0.29) is 5.82 Å².